The molecule has 10 fully saturated rings. The van der Waals surface area contributed by atoms with Gasteiger partial charge in [0.05, 0.1) is 23.2 Å². The first kappa shape index (κ1) is 38.3. The molecule has 0 radical (unpaired) electrons. The van der Waals surface area contributed by atoms with Crippen molar-refractivity contribution in [2.75, 3.05) is 4.90 Å². The van der Waals surface area contributed by atoms with Gasteiger partial charge in [-0.25, -0.2) is 29.2 Å². The van der Waals surface area contributed by atoms with E-state index in [2.05, 4.69) is 27.7 Å². The predicted octanol–water partition coefficient (Wildman–Crippen LogP) is 9.21. The molecule has 308 valence electrons. The van der Waals surface area contributed by atoms with E-state index in [9.17, 15) is 4.79 Å². The number of fused-ring (bicyclic) bond motifs is 4. The number of amides is 1. The van der Waals surface area contributed by atoms with Gasteiger partial charge in [0.15, 0.2) is 23.8 Å². The molecule has 2 spiro atoms. The van der Waals surface area contributed by atoms with E-state index in [1.807, 2.05) is 74.5 Å². The first-order valence-corrected chi connectivity index (χ1v) is 21.5. The third-order valence-corrected chi connectivity index (χ3v) is 15.6. The van der Waals surface area contributed by atoms with Gasteiger partial charge in [0.25, 0.3) is 0 Å². The lowest BCUT2D eigenvalue weighted by atomic mass is 9.56. The van der Waals surface area contributed by atoms with Crippen LogP contribution < -0.4 is 4.90 Å². The van der Waals surface area contributed by atoms with Crippen LogP contribution in [0.15, 0.2) is 65.8 Å². The summed E-state index contributed by atoms with van der Waals surface area (Å²) in [4.78, 5) is 47.1. The van der Waals surface area contributed by atoms with E-state index < -0.39 is 47.6 Å². The van der Waals surface area contributed by atoms with Crippen LogP contribution in [0.3, 0.4) is 0 Å². The highest BCUT2D eigenvalue weighted by atomic mass is 17.3. The zero-order valence-electron chi connectivity index (χ0n) is 34.0. The first-order chi connectivity index (χ1) is 27.4. The van der Waals surface area contributed by atoms with Crippen LogP contribution in [0.1, 0.15) is 99.3 Å². The van der Waals surface area contributed by atoms with Crippen molar-refractivity contribution in [1.82, 2.24) is 0 Å². The van der Waals surface area contributed by atoms with E-state index in [-0.39, 0.29) is 41.6 Å². The number of hydrogen-bond donors (Lipinski definition) is 0. The smallest absolute Gasteiger partial charge is 0.345 e. The Bertz CT molecular complexity index is 1810. The standard InChI is InChI=1S/C45H58N2O10/c1-26-17-19-34-28(3)37(49-39-44(34)32(26)21-23-42(5,51-39)54-56-44)25-36(46-53-41(48)47(30-13-9-7-10-14-30)31-15-11-8-12-16-31)38-29(4)35-20-18-27(2)33-22-24-43(6)52-40(50-38)45(33,35)57-55-43/h7-16,26-29,32-35,37-40H,17-25H2,1-6H3/b46-36-/t26-,27-,28-,29-,32+,33+,34+,35+,37-,38+,39-,40-,42+,43+,44-,45-/m1/s1. The zero-order valence-corrected chi connectivity index (χ0v) is 34.0. The molecule has 12 rings (SSSR count). The maximum Gasteiger partial charge on any atom is 0.445 e. The number of rotatable bonds is 6. The summed E-state index contributed by atoms with van der Waals surface area (Å²) in [5.74, 6) is -0.352. The Labute approximate surface area is 335 Å². The molecule has 12 nitrogen and oxygen atoms in total. The van der Waals surface area contributed by atoms with Crippen LogP contribution in [-0.2, 0) is 43.3 Å². The van der Waals surface area contributed by atoms with E-state index in [1.54, 1.807) is 0 Å². The van der Waals surface area contributed by atoms with Gasteiger partial charge in [-0.1, -0.05) is 69.2 Å². The number of benzene rings is 2. The van der Waals surface area contributed by atoms with E-state index >= 15 is 0 Å². The van der Waals surface area contributed by atoms with Crippen molar-refractivity contribution in [1.29, 1.82) is 0 Å². The minimum Gasteiger partial charge on any atom is -0.345 e. The summed E-state index contributed by atoms with van der Waals surface area (Å²) in [6.07, 6.45) is 4.91. The number of carbonyl (C=O) groups is 1. The first-order valence-electron chi connectivity index (χ1n) is 21.5. The summed E-state index contributed by atoms with van der Waals surface area (Å²) in [5, 5.41) is 4.83. The number of carbonyl (C=O) groups excluding carboxylic acids is 1. The second kappa shape index (κ2) is 14.1. The summed E-state index contributed by atoms with van der Waals surface area (Å²) >= 11 is 0. The lowest BCUT2D eigenvalue weighted by Crippen LogP contribution is -2.71. The Hall–Kier alpha value is -2.94. The maximum atomic E-state index is 14.3. The van der Waals surface area contributed by atoms with E-state index in [0.29, 0.717) is 41.8 Å². The topological polar surface area (TPSA) is 116 Å². The monoisotopic (exact) mass is 786 g/mol. The second-order valence-electron chi connectivity index (χ2n) is 18.9. The number of hydrogen-bond acceptors (Lipinski definition) is 11. The van der Waals surface area contributed by atoms with Crippen LogP contribution in [-0.4, -0.2) is 59.4 Å². The normalized spacial score (nSPS) is 47.2. The van der Waals surface area contributed by atoms with E-state index in [1.165, 1.54) is 4.90 Å². The molecule has 2 aliphatic carbocycles. The zero-order chi connectivity index (χ0) is 39.3. The molecular formula is C45H58N2O10. The van der Waals surface area contributed by atoms with E-state index in [4.69, 9.17) is 48.5 Å². The Kier molecular flexibility index (Phi) is 9.45. The fourth-order valence-corrected chi connectivity index (χ4v) is 12.6. The summed E-state index contributed by atoms with van der Waals surface area (Å²) < 4.78 is 27.8. The summed E-state index contributed by atoms with van der Waals surface area (Å²) in [6.45, 7) is 13.0. The molecule has 12 heteroatoms. The van der Waals surface area contributed by atoms with Crippen molar-refractivity contribution in [3.8, 4) is 0 Å². The number of ether oxygens (including phenoxy) is 4. The summed E-state index contributed by atoms with van der Waals surface area (Å²) in [6, 6.07) is 18.9. The van der Waals surface area contributed by atoms with Gasteiger partial charge in [-0.15, -0.1) is 0 Å². The highest BCUT2D eigenvalue weighted by Gasteiger charge is 2.71. The molecular weight excluding hydrogens is 728 g/mol. The highest BCUT2D eigenvalue weighted by Crippen LogP contribution is 2.63. The number of para-hydroxylation sites is 2. The van der Waals surface area contributed by atoms with Crippen molar-refractivity contribution in [2.24, 2.45) is 52.5 Å². The van der Waals surface area contributed by atoms with Crippen molar-refractivity contribution in [3.63, 3.8) is 0 Å². The number of oxime groups is 1. The molecule has 8 heterocycles. The van der Waals surface area contributed by atoms with Crippen LogP contribution in [0.25, 0.3) is 0 Å². The van der Waals surface area contributed by atoms with Gasteiger partial charge in [-0.3, -0.25) is 4.84 Å². The van der Waals surface area contributed by atoms with Gasteiger partial charge in [0.1, 0.15) is 6.10 Å². The van der Waals surface area contributed by atoms with Gasteiger partial charge in [-0.05, 0) is 112 Å². The second-order valence-corrected chi connectivity index (χ2v) is 18.9. The molecule has 8 saturated heterocycles. The molecule has 0 unspecified atom stereocenters. The van der Waals surface area contributed by atoms with Crippen LogP contribution >= 0.6 is 0 Å². The van der Waals surface area contributed by atoms with Gasteiger partial charge in [0.2, 0.25) is 11.6 Å². The van der Waals surface area contributed by atoms with Crippen LogP contribution in [0.4, 0.5) is 16.2 Å². The van der Waals surface area contributed by atoms with Gasteiger partial charge in [0, 0.05) is 31.1 Å². The van der Waals surface area contributed by atoms with E-state index in [0.717, 1.165) is 44.9 Å². The van der Waals surface area contributed by atoms with Crippen LogP contribution in [0, 0.1) is 47.3 Å². The summed E-state index contributed by atoms with van der Waals surface area (Å²) in [7, 11) is 0. The maximum absolute atomic E-state index is 14.3. The Balaban J connectivity index is 1.02. The Morgan fingerprint density at radius 3 is 1.72 bits per heavy atom. The van der Waals surface area contributed by atoms with Crippen molar-refractivity contribution < 1.29 is 48.1 Å². The SMILES string of the molecule is C[C@H]1[C@@H](/C(C[C@H]2O[C@@H]3O[C@]4(C)CC[C@H]5[C@H](C)CC[C@@H]([C@H]2C)[C@@]35OO4)=N\OC(=O)N(c2ccccc2)c2ccccc2)O[C@@H]2O[C@]3(C)CC[C@H]4[C@H](C)CC[C@@H]1[C@@]24OO3. The van der Waals surface area contributed by atoms with Gasteiger partial charge < -0.3 is 18.9 Å². The quantitative estimate of drug-likeness (QED) is 0.122. The summed E-state index contributed by atoms with van der Waals surface area (Å²) in [5.41, 5.74) is 0.466. The highest BCUT2D eigenvalue weighted by molar-refractivity contribution is 5.97. The number of nitrogens with zero attached hydrogens (tertiary/aromatic N) is 2. The predicted molar refractivity (Wildman–Crippen MR) is 207 cm³/mol. The molecule has 16 atom stereocenters. The van der Waals surface area contributed by atoms with Crippen molar-refractivity contribution in [3.05, 3.63) is 60.7 Å². The lowest BCUT2D eigenvalue weighted by molar-refractivity contribution is -0.571. The average molecular weight is 787 g/mol. The Morgan fingerprint density at radius 1 is 0.667 bits per heavy atom. The third-order valence-electron chi connectivity index (χ3n) is 15.6. The van der Waals surface area contributed by atoms with Crippen LogP contribution in [0.2, 0.25) is 0 Å². The van der Waals surface area contributed by atoms with Crippen molar-refractivity contribution in [2.45, 2.75) is 147 Å². The molecule has 1 amide bonds. The molecule has 0 N–H and O–H groups in total. The molecule has 0 aromatic heterocycles. The molecule has 4 bridgehead atoms. The van der Waals surface area contributed by atoms with Gasteiger partial charge in [-0.2, -0.15) is 0 Å². The fraction of sp³-hybridized carbons (Fsp3) is 0.689. The van der Waals surface area contributed by atoms with Gasteiger partial charge >= 0.3 is 6.09 Å². The molecule has 2 aromatic carbocycles. The minimum absolute atomic E-state index is 0.0443. The molecule has 2 aromatic rings. The lowest BCUT2D eigenvalue weighted by Gasteiger charge is -2.61. The third kappa shape index (κ3) is 5.98. The van der Waals surface area contributed by atoms with Crippen molar-refractivity contribution >= 4 is 23.2 Å². The minimum atomic E-state index is -0.934. The molecule has 2 saturated carbocycles. The molecule has 57 heavy (non-hydrogen) atoms. The Morgan fingerprint density at radius 2 is 1.18 bits per heavy atom. The van der Waals surface area contributed by atoms with Crippen LogP contribution in [0.5, 0.6) is 0 Å². The number of anilines is 2. The molecule has 10 aliphatic rings. The average Bonchev–Trinajstić information content (AvgIpc) is 3.59. The fourth-order valence-electron chi connectivity index (χ4n) is 12.6. The largest absolute Gasteiger partial charge is 0.445 e. The molecule has 8 aliphatic heterocycles.